The second-order valence-electron chi connectivity index (χ2n) is 4.01. The summed E-state index contributed by atoms with van der Waals surface area (Å²) in [6.45, 7) is 1.87. The Morgan fingerprint density at radius 2 is 2.06 bits per heavy atom. The standard InChI is InChI=1S/C13H12BrNO3/c1-9-6-7-13(18-9)11(14)8-10-4-2-3-5-12(10)15(16)17/h2-7,11H,8H2,1H3. The third-order valence-corrected chi connectivity index (χ3v) is 3.43. The van der Waals surface area contributed by atoms with Gasteiger partial charge in [-0.3, -0.25) is 10.1 Å². The van der Waals surface area contributed by atoms with E-state index in [2.05, 4.69) is 15.9 Å². The van der Waals surface area contributed by atoms with Gasteiger partial charge in [0.15, 0.2) is 0 Å². The Kier molecular flexibility index (Phi) is 3.81. The molecule has 1 atom stereocenters. The van der Waals surface area contributed by atoms with Crippen LogP contribution in [0.4, 0.5) is 5.69 Å². The van der Waals surface area contributed by atoms with Gasteiger partial charge < -0.3 is 4.42 Å². The summed E-state index contributed by atoms with van der Waals surface area (Å²) < 4.78 is 5.50. The largest absolute Gasteiger partial charge is 0.465 e. The Bertz CT molecular complexity index is 565. The Morgan fingerprint density at radius 1 is 1.33 bits per heavy atom. The number of para-hydroxylation sites is 1. The summed E-state index contributed by atoms with van der Waals surface area (Å²) in [5.74, 6) is 1.61. The molecule has 4 nitrogen and oxygen atoms in total. The highest BCUT2D eigenvalue weighted by molar-refractivity contribution is 9.09. The number of furan rings is 1. The number of benzene rings is 1. The molecule has 0 aliphatic rings. The molecule has 0 saturated carbocycles. The minimum absolute atomic E-state index is 0.0627. The van der Waals surface area contributed by atoms with Crippen molar-refractivity contribution in [3.8, 4) is 0 Å². The van der Waals surface area contributed by atoms with Gasteiger partial charge in [-0.05, 0) is 25.5 Å². The van der Waals surface area contributed by atoms with Gasteiger partial charge in [-0.1, -0.05) is 34.1 Å². The molecule has 0 amide bonds. The van der Waals surface area contributed by atoms with E-state index >= 15 is 0 Å². The number of rotatable bonds is 4. The Balaban J connectivity index is 2.21. The van der Waals surface area contributed by atoms with Crippen molar-refractivity contribution in [3.63, 3.8) is 0 Å². The predicted molar refractivity (Wildman–Crippen MR) is 71.9 cm³/mol. The molecule has 0 bridgehead atoms. The van der Waals surface area contributed by atoms with E-state index in [1.165, 1.54) is 6.07 Å². The zero-order chi connectivity index (χ0) is 13.1. The minimum Gasteiger partial charge on any atom is -0.465 e. The molecule has 94 valence electrons. The lowest BCUT2D eigenvalue weighted by molar-refractivity contribution is -0.385. The van der Waals surface area contributed by atoms with E-state index in [-0.39, 0.29) is 15.4 Å². The Labute approximate surface area is 113 Å². The zero-order valence-corrected chi connectivity index (χ0v) is 11.4. The van der Waals surface area contributed by atoms with E-state index in [4.69, 9.17) is 4.42 Å². The van der Waals surface area contributed by atoms with Crippen molar-refractivity contribution in [3.05, 3.63) is 63.6 Å². The first-order valence-corrected chi connectivity index (χ1v) is 6.42. The summed E-state index contributed by atoms with van der Waals surface area (Å²) in [5, 5.41) is 10.9. The quantitative estimate of drug-likeness (QED) is 0.484. The summed E-state index contributed by atoms with van der Waals surface area (Å²) in [5.41, 5.74) is 0.837. The number of alkyl halides is 1. The minimum atomic E-state index is -0.359. The molecular formula is C13H12BrNO3. The number of nitro benzene ring substituents is 1. The molecule has 5 heteroatoms. The van der Waals surface area contributed by atoms with Crippen molar-refractivity contribution in [1.82, 2.24) is 0 Å². The molecule has 1 aromatic carbocycles. The maximum atomic E-state index is 10.9. The molecule has 18 heavy (non-hydrogen) atoms. The van der Waals surface area contributed by atoms with Gasteiger partial charge in [-0.15, -0.1) is 0 Å². The molecular weight excluding hydrogens is 298 g/mol. The molecule has 1 aromatic heterocycles. The molecule has 2 rings (SSSR count). The molecule has 0 aliphatic heterocycles. The fraction of sp³-hybridized carbons (Fsp3) is 0.231. The summed E-state index contributed by atoms with van der Waals surface area (Å²) in [6.07, 6.45) is 0.518. The highest BCUT2D eigenvalue weighted by Crippen LogP contribution is 2.31. The number of halogens is 1. The van der Waals surface area contributed by atoms with E-state index < -0.39 is 0 Å². The fourth-order valence-corrected chi connectivity index (χ4v) is 2.37. The van der Waals surface area contributed by atoms with Crippen LogP contribution in [0.25, 0.3) is 0 Å². The van der Waals surface area contributed by atoms with Gasteiger partial charge in [-0.2, -0.15) is 0 Å². The first kappa shape index (κ1) is 12.8. The third-order valence-electron chi connectivity index (χ3n) is 2.66. The summed E-state index contributed by atoms with van der Waals surface area (Å²) in [7, 11) is 0. The van der Waals surface area contributed by atoms with Crippen molar-refractivity contribution in [2.45, 2.75) is 18.2 Å². The lowest BCUT2D eigenvalue weighted by Crippen LogP contribution is -1.99. The van der Waals surface area contributed by atoms with E-state index in [9.17, 15) is 10.1 Å². The second-order valence-corrected chi connectivity index (χ2v) is 5.11. The maximum absolute atomic E-state index is 10.9. The van der Waals surface area contributed by atoms with Gasteiger partial charge in [0.1, 0.15) is 11.5 Å². The van der Waals surface area contributed by atoms with E-state index in [0.717, 1.165) is 11.5 Å². The van der Waals surface area contributed by atoms with E-state index in [1.807, 2.05) is 19.1 Å². The normalized spacial score (nSPS) is 12.3. The van der Waals surface area contributed by atoms with Crippen molar-refractivity contribution in [2.24, 2.45) is 0 Å². The van der Waals surface area contributed by atoms with Crippen molar-refractivity contribution in [1.29, 1.82) is 0 Å². The van der Waals surface area contributed by atoms with Gasteiger partial charge in [0, 0.05) is 11.6 Å². The highest BCUT2D eigenvalue weighted by Gasteiger charge is 2.18. The van der Waals surface area contributed by atoms with Crippen LogP contribution >= 0.6 is 15.9 Å². The molecule has 0 fully saturated rings. The average molecular weight is 310 g/mol. The number of hydrogen-bond acceptors (Lipinski definition) is 3. The molecule has 0 N–H and O–H groups in total. The second kappa shape index (κ2) is 5.35. The molecule has 2 aromatic rings. The van der Waals surface area contributed by atoms with Crippen LogP contribution in [0.15, 0.2) is 40.8 Å². The van der Waals surface area contributed by atoms with Crippen LogP contribution in [-0.2, 0) is 6.42 Å². The zero-order valence-electron chi connectivity index (χ0n) is 9.80. The van der Waals surface area contributed by atoms with E-state index in [0.29, 0.717) is 12.0 Å². The number of hydrogen-bond donors (Lipinski definition) is 0. The first-order valence-electron chi connectivity index (χ1n) is 5.50. The van der Waals surface area contributed by atoms with Crippen LogP contribution < -0.4 is 0 Å². The lowest BCUT2D eigenvalue weighted by atomic mass is 10.1. The van der Waals surface area contributed by atoms with Gasteiger partial charge >= 0.3 is 0 Å². The predicted octanol–water partition coefficient (Wildman–Crippen LogP) is 4.17. The molecule has 0 saturated heterocycles. The van der Waals surface area contributed by atoms with Crippen LogP contribution in [0.5, 0.6) is 0 Å². The highest BCUT2D eigenvalue weighted by atomic mass is 79.9. The van der Waals surface area contributed by atoms with Gasteiger partial charge in [0.05, 0.1) is 9.75 Å². The summed E-state index contributed by atoms with van der Waals surface area (Å²) >= 11 is 3.50. The summed E-state index contributed by atoms with van der Waals surface area (Å²) in [6, 6.07) is 10.5. The lowest BCUT2D eigenvalue weighted by Gasteiger charge is -2.07. The first-order chi connectivity index (χ1) is 8.58. The van der Waals surface area contributed by atoms with Crippen LogP contribution in [0.3, 0.4) is 0 Å². The third kappa shape index (κ3) is 2.79. The van der Waals surface area contributed by atoms with Gasteiger partial charge in [0.25, 0.3) is 5.69 Å². The average Bonchev–Trinajstić information content (AvgIpc) is 2.76. The fourth-order valence-electron chi connectivity index (χ4n) is 1.78. The Hall–Kier alpha value is -1.62. The number of nitro groups is 1. The maximum Gasteiger partial charge on any atom is 0.272 e. The van der Waals surface area contributed by atoms with Crippen LogP contribution in [0.2, 0.25) is 0 Å². The molecule has 0 radical (unpaired) electrons. The number of nitrogens with zero attached hydrogens (tertiary/aromatic N) is 1. The molecule has 1 unspecified atom stereocenters. The van der Waals surface area contributed by atoms with Crippen LogP contribution in [-0.4, -0.2) is 4.92 Å². The topological polar surface area (TPSA) is 56.3 Å². The Morgan fingerprint density at radius 3 is 2.67 bits per heavy atom. The van der Waals surface area contributed by atoms with Crippen molar-refractivity contribution in [2.75, 3.05) is 0 Å². The SMILES string of the molecule is Cc1ccc(C(Br)Cc2ccccc2[N+](=O)[O-])o1. The number of aryl methyl sites for hydroxylation is 1. The van der Waals surface area contributed by atoms with Crippen molar-refractivity contribution < 1.29 is 9.34 Å². The van der Waals surface area contributed by atoms with Crippen LogP contribution in [0, 0.1) is 17.0 Å². The van der Waals surface area contributed by atoms with Gasteiger partial charge in [0.2, 0.25) is 0 Å². The van der Waals surface area contributed by atoms with Crippen LogP contribution in [0.1, 0.15) is 21.9 Å². The van der Waals surface area contributed by atoms with Crippen molar-refractivity contribution >= 4 is 21.6 Å². The monoisotopic (exact) mass is 309 g/mol. The smallest absolute Gasteiger partial charge is 0.272 e. The van der Waals surface area contributed by atoms with E-state index in [1.54, 1.807) is 18.2 Å². The molecule has 0 aliphatic carbocycles. The molecule has 0 spiro atoms. The van der Waals surface area contributed by atoms with Gasteiger partial charge in [-0.25, -0.2) is 0 Å². The molecule has 1 heterocycles. The summed E-state index contributed by atoms with van der Waals surface area (Å²) in [4.78, 5) is 10.5.